The highest BCUT2D eigenvalue weighted by Gasteiger charge is 2.11. The SMILES string of the molecule is CC(SCCCc1nnnn1-c1ccccc1)c1ccccc1F. The molecule has 3 rings (SSSR count). The number of thioether (sulfide) groups is 1. The first kappa shape index (κ1) is 16.6. The van der Waals surface area contributed by atoms with Crippen molar-refractivity contribution in [2.75, 3.05) is 5.75 Å². The Morgan fingerprint density at radius 3 is 2.62 bits per heavy atom. The Labute approximate surface area is 145 Å². The number of para-hydroxylation sites is 1. The molecule has 0 amide bonds. The number of tetrazole rings is 1. The Bertz CT molecular complexity index is 775. The molecule has 0 saturated heterocycles. The molecule has 0 radical (unpaired) electrons. The molecule has 0 aliphatic heterocycles. The van der Waals surface area contributed by atoms with Gasteiger partial charge in [-0.15, -0.1) is 5.10 Å². The van der Waals surface area contributed by atoms with Crippen LogP contribution in [0.5, 0.6) is 0 Å². The van der Waals surface area contributed by atoms with Crippen molar-refractivity contribution in [2.24, 2.45) is 0 Å². The second-order valence-electron chi connectivity index (χ2n) is 5.48. The minimum atomic E-state index is -0.134. The highest BCUT2D eigenvalue weighted by atomic mass is 32.2. The highest BCUT2D eigenvalue weighted by molar-refractivity contribution is 7.99. The number of nitrogens with zero attached hydrogens (tertiary/aromatic N) is 4. The first-order chi connectivity index (χ1) is 11.8. The Hall–Kier alpha value is -2.21. The Balaban J connectivity index is 1.53. The second kappa shape index (κ2) is 8.06. The van der Waals surface area contributed by atoms with E-state index in [4.69, 9.17) is 0 Å². The maximum Gasteiger partial charge on any atom is 0.156 e. The van der Waals surface area contributed by atoms with Crippen LogP contribution in [0.25, 0.3) is 5.69 Å². The van der Waals surface area contributed by atoms with Crippen LogP contribution in [-0.2, 0) is 6.42 Å². The zero-order valence-electron chi connectivity index (χ0n) is 13.5. The lowest BCUT2D eigenvalue weighted by atomic mass is 10.1. The quantitative estimate of drug-likeness (QED) is 0.603. The highest BCUT2D eigenvalue weighted by Crippen LogP contribution is 2.30. The molecule has 3 aromatic rings. The van der Waals surface area contributed by atoms with Gasteiger partial charge >= 0.3 is 0 Å². The van der Waals surface area contributed by atoms with Crippen molar-refractivity contribution >= 4 is 11.8 Å². The van der Waals surface area contributed by atoms with E-state index in [1.54, 1.807) is 22.5 Å². The van der Waals surface area contributed by atoms with Gasteiger partial charge < -0.3 is 0 Å². The Morgan fingerprint density at radius 2 is 1.83 bits per heavy atom. The molecule has 2 aromatic carbocycles. The van der Waals surface area contributed by atoms with Gasteiger partial charge in [0.25, 0.3) is 0 Å². The van der Waals surface area contributed by atoms with Crippen LogP contribution in [0.1, 0.15) is 30.0 Å². The topological polar surface area (TPSA) is 43.6 Å². The van der Waals surface area contributed by atoms with Crippen LogP contribution >= 0.6 is 11.8 Å². The van der Waals surface area contributed by atoms with Crippen LogP contribution in [0, 0.1) is 5.82 Å². The van der Waals surface area contributed by atoms with Crippen LogP contribution < -0.4 is 0 Å². The smallest absolute Gasteiger partial charge is 0.156 e. The fraction of sp³-hybridized carbons (Fsp3) is 0.278. The summed E-state index contributed by atoms with van der Waals surface area (Å²) in [5.74, 6) is 1.64. The van der Waals surface area contributed by atoms with Crippen molar-refractivity contribution in [3.8, 4) is 5.69 Å². The van der Waals surface area contributed by atoms with Gasteiger partial charge in [-0.05, 0) is 47.7 Å². The third-order valence-electron chi connectivity index (χ3n) is 3.79. The van der Waals surface area contributed by atoms with Crippen LogP contribution in [0.3, 0.4) is 0 Å². The van der Waals surface area contributed by atoms with E-state index in [2.05, 4.69) is 15.5 Å². The number of hydrogen-bond donors (Lipinski definition) is 0. The van der Waals surface area contributed by atoms with Gasteiger partial charge in [-0.1, -0.05) is 36.4 Å². The standard InChI is InChI=1S/C18H19FN4S/c1-14(16-10-5-6-11-17(16)19)24-13-7-12-18-20-21-22-23(18)15-8-3-2-4-9-15/h2-6,8-11,14H,7,12-13H2,1H3. The molecule has 1 heterocycles. The average Bonchev–Trinajstić information content (AvgIpc) is 3.08. The Kier molecular flexibility index (Phi) is 5.59. The molecule has 24 heavy (non-hydrogen) atoms. The second-order valence-corrected chi connectivity index (χ2v) is 6.93. The summed E-state index contributed by atoms with van der Waals surface area (Å²) in [6, 6.07) is 16.8. The number of rotatable bonds is 7. The summed E-state index contributed by atoms with van der Waals surface area (Å²) in [4.78, 5) is 0. The largest absolute Gasteiger partial charge is 0.207 e. The molecular formula is C18H19FN4S. The molecular weight excluding hydrogens is 323 g/mol. The van der Waals surface area contributed by atoms with E-state index in [0.29, 0.717) is 0 Å². The molecule has 0 saturated carbocycles. The molecule has 6 heteroatoms. The lowest BCUT2D eigenvalue weighted by molar-refractivity contribution is 0.611. The van der Waals surface area contributed by atoms with Crippen LogP contribution in [0.4, 0.5) is 4.39 Å². The molecule has 4 nitrogen and oxygen atoms in total. The van der Waals surface area contributed by atoms with Crippen LogP contribution in [0.2, 0.25) is 0 Å². The van der Waals surface area contributed by atoms with Crippen molar-refractivity contribution in [2.45, 2.75) is 25.0 Å². The Morgan fingerprint density at radius 1 is 1.08 bits per heavy atom. The van der Waals surface area contributed by atoms with Gasteiger partial charge in [-0.3, -0.25) is 0 Å². The zero-order valence-corrected chi connectivity index (χ0v) is 14.3. The molecule has 0 fully saturated rings. The summed E-state index contributed by atoms with van der Waals surface area (Å²) in [5, 5.41) is 12.1. The van der Waals surface area contributed by atoms with Gasteiger partial charge in [0.2, 0.25) is 0 Å². The van der Waals surface area contributed by atoms with Gasteiger partial charge in [0.1, 0.15) is 5.82 Å². The third-order valence-corrected chi connectivity index (χ3v) is 5.07. The molecule has 0 aliphatic rings. The molecule has 124 valence electrons. The van der Waals surface area contributed by atoms with Crippen molar-refractivity contribution in [3.05, 3.63) is 71.8 Å². The van der Waals surface area contributed by atoms with E-state index in [1.165, 1.54) is 6.07 Å². The predicted molar refractivity (Wildman–Crippen MR) is 94.7 cm³/mol. The van der Waals surface area contributed by atoms with Crippen molar-refractivity contribution < 1.29 is 4.39 Å². The fourth-order valence-electron chi connectivity index (χ4n) is 2.52. The third kappa shape index (κ3) is 4.00. The summed E-state index contributed by atoms with van der Waals surface area (Å²) in [6.45, 7) is 2.04. The number of benzene rings is 2. The van der Waals surface area contributed by atoms with E-state index in [1.807, 2.05) is 49.4 Å². The van der Waals surface area contributed by atoms with Crippen molar-refractivity contribution in [1.29, 1.82) is 0 Å². The molecule has 0 spiro atoms. The van der Waals surface area contributed by atoms with Crippen LogP contribution in [0.15, 0.2) is 54.6 Å². The van der Waals surface area contributed by atoms with E-state index >= 15 is 0 Å². The van der Waals surface area contributed by atoms with E-state index in [-0.39, 0.29) is 11.1 Å². The minimum Gasteiger partial charge on any atom is -0.207 e. The maximum atomic E-state index is 13.8. The number of aryl methyl sites for hydroxylation is 1. The van der Waals surface area contributed by atoms with Crippen molar-refractivity contribution in [3.63, 3.8) is 0 Å². The minimum absolute atomic E-state index is 0.134. The number of halogens is 1. The lowest BCUT2D eigenvalue weighted by Crippen LogP contribution is -2.04. The number of hydrogen-bond acceptors (Lipinski definition) is 4. The average molecular weight is 342 g/mol. The monoisotopic (exact) mass is 342 g/mol. The summed E-state index contributed by atoms with van der Waals surface area (Å²) in [7, 11) is 0. The van der Waals surface area contributed by atoms with Gasteiger partial charge in [-0.2, -0.15) is 16.4 Å². The molecule has 0 N–H and O–H groups in total. The summed E-state index contributed by atoms with van der Waals surface area (Å²) in [6.07, 6.45) is 1.73. The first-order valence-electron chi connectivity index (χ1n) is 7.94. The number of aromatic nitrogens is 4. The van der Waals surface area contributed by atoms with E-state index < -0.39 is 0 Å². The summed E-state index contributed by atoms with van der Waals surface area (Å²) in [5.41, 5.74) is 1.72. The fourth-order valence-corrected chi connectivity index (χ4v) is 3.55. The van der Waals surface area contributed by atoms with Crippen LogP contribution in [-0.4, -0.2) is 26.0 Å². The van der Waals surface area contributed by atoms with Crippen molar-refractivity contribution in [1.82, 2.24) is 20.2 Å². The lowest BCUT2D eigenvalue weighted by Gasteiger charge is -2.12. The predicted octanol–water partition coefficient (Wildman–Crippen LogP) is 4.23. The summed E-state index contributed by atoms with van der Waals surface area (Å²) >= 11 is 1.75. The normalized spacial score (nSPS) is 12.2. The zero-order chi connectivity index (χ0) is 16.8. The molecule has 0 aliphatic carbocycles. The summed E-state index contributed by atoms with van der Waals surface area (Å²) < 4.78 is 15.5. The van der Waals surface area contributed by atoms with Gasteiger partial charge in [0.15, 0.2) is 5.82 Å². The van der Waals surface area contributed by atoms with Gasteiger partial charge in [0.05, 0.1) is 5.69 Å². The molecule has 1 aromatic heterocycles. The molecule has 0 bridgehead atoms. The molecule has 1 atom stereocenters. The first-order valence-corrected chi connectivity index (χ1v) is 8.99. The van der Waals surface area contributed by atoms with Gasteiger partial charge in [-0.25, -0.2) is 4.39 Å². The van der Waals surface area contributed by atoms with E-state index in [9.17, 15) is 4.39 Å². The van der Waals surface area contributed by atoms with E-state index in [0.717, 1.165) is 35.7 Å². The molecule has 1 unspecified atom stereocenters. The maximum absolute atomic E-state index is 13.8. The van der Waals surface area contributed by atoms with Gasteiger partial charge in [0, 0.05) is 17.2 Å².